The van der Waals surface area contributed by atoms with Gasteiger partial charge in [0.2, 0.25) is 0 Å². The van der Waals surface area contributed by atoms with Crippen molar-refractivity contribution >= 4 is 11.4 Å². The van der Waals surface area contributed by atoms with Crippen LogP contribution in [-0.2, 0) is 6.61 Å². The third-order valence-corrected chi connectivity index (χ3v) is 3.25. The number of anilines is 1. The van der Waals surface area contributed by atoms with Crippen molar-refractivity contribution in [3.05, 3.63) is 33.9 Å². The molecule has 1 aromatic carbocycles. The zero-order valence-electron chi connectivity index (χ0n) is 10.3. The molecule has 1 aromatic rings. The van der Waals surface area contributed by atoms with Gasteiger partial charge in [-0.25, -0.2) is 0 Å². The highest BCUT2D eigenvalue weighted by Crippen LogP contribution is 2.27. The number of nitrogens with zero attached hydrogens (tertiary/aromatic N) is 2. The van der Waals surface area contributed by atoms with E-state index < -0.39 is 4.92 Å². The molecule has 6 heteroatoms. The predicted molar refractivity (Wildman–Crippen MR) is 68.7 cm³/mol. The maximum absolute atomic E-state index is 10.7. The van der Waals surface area contributed by atoms with Crippen molar-refractivity contribution in [3.8, 4) is 0 Å². The molecule has 1 saturated heterocycles. The molecule has 1 aliphatic heterocycles. The monoisotopic (exact) mass is 251 g/mol. The summed E-state index contributed by atoms with van der Waals surface area (Å²) >= 11 is 0. The molecule has 1 atom stereocenters. The van der Waals surface area contributed by atoms with Crippen LogP contribution in [0.4, 0.5) is 11.4 Å². The highest BCUT2D eigenvalue weighted by Gasteiger charge is 2.21. The number of nitro groups is 1. The van der Waals surface area contributed by atoms with Gasteiger partial charge in [-0.2, -0.15) is 0 Å². The van der Waals surface area contributed by atoms with Crippen LogP contribution in [0.25, 0.3) is 0 Å². The molecular formula is C12H17N3O3. The molecule has 0 amide bonds. The lowest BCUT2D eigenvalue weighted by molar-refractivity contribution is -0.384. The zero-order valence-corrected chi connectivity index (χ0v) is 10.3. The zero-order chi connectivity index (χ0) is 13.1. The minimum Gasteiger partial charge on any atom is -0.392 e. The van der Waals surface area contributed by atoms with Gasteiger partial charge in [-0.1, -0.05) is 0 Å². The Balaban J connectivity index is 2.34. The van der Waals surface area contributed by atoms with Crippen LogP contribution in [-0.4, -0.2) is 35.7 Å². The molecule has 18 heavy (non-hydrogen) atoms. The molecular weight excluding hydrogens is 234 g/mol. The van der Waals surface area contributed by atoms with Crippen molar-refractivity contribution in [1.29, 1.82) is 0 Å². The fraction of sp³-hybridized carbons (Fsp3) is 0.500. The smallest absolute Gasteiger partial charge is 0.269 e. The Morgan fingerprint density at radius 3 is 3.00 bits per heavy atom. The highest BCUT2D eigenvalue weighted by molar-refractivity contribution is 5.58. The number of hydrogen-bond donors (Lipinski definition) is 2. The molecule has 1 fully saturated rings. The lowest BCUT2D eigenvalue weighted by atomic mass is 10.1. The van der Waals surface area contributed by atoms with E-state index in [1.165, 1.54) is 12.1 Å². The molecule has 0 aromatic heterocycles. The van der Waals surface area contributed by atoms with E-state index in [9.17, 15) is 15.2 Å². The average Bonchev–Trinajstić information content (AvgIpc) is 2.38. The summed E-state index contributed by atoms with van der Waals surface area (Å²) in [5, 5.41) is 23.4. The quantitative estimate of drug-likeness (QED) is 0.616. The third-order valence-electron chi connectivity index (χ3n) is 3.25. The number of nitrogens with one attached hydrogen (secondary N) is 1. The Hall–Kier alpha value is -1.66. The van der Waals surface area contributed by atoms with Crippen molar-refractivity contribution in [2.45, 2.75) is 19.6 Å². The van der Waals surface area contributed by atoms with Crippen molar-refractivity contribution in [2.75, 3.05) is 24.5 Å². The van der Waals surface area contributed by atoms with Gasteiger partial charge < -0.3 is 15.3 Å². The first kappa shape index (κ1) is 12.8. The van der Waals surface area contributed by atoms with Gasteiger partial charge in [-0.05, 0) is 13.0 Å². The second-order valence-electron chi connectivity index (χ2n) is 4.47. The van der Waals surface area contributed by atoms with Gasteiger partial charge in [0, 0.05) is 49.1 Å². The van der Waals surface area contributed by atoms with Crippen LogP contribution in [0.3, 0.4) is 0 Å². The Kier molecular flexibility index (Phi) is 3.78. The molecule has 0 unspecified atom stereocenters. The van der Waals surface area contributed by atoms with E-state index >= 15 is 0 Å². The lowest BCUT2D eigenvalue weighted by Gasteiger charge is -2.36. The summed E-state index contributed by atoms with van der Waals surface area (Å²) in [7, 11) is 0. The molecule has 0 saturated carbocycles. The van der Waals surface area contributed by atoms with Crippen molar-refractivity contribution in [3.63, 3.8) is 0 Å². The van der Waals surface area contributed by atoms with E-state index in [2.05, 4.69) is 17.1 Å². The molecule has 2 N–H and O–H groups in total. The Morgan fingerprint density at radius 1 is 1.61 bits per heavy atom. The first-order valence-electron chi connectivity index (χ1n) is 5.99. The van der Waals surface area contributed by atoms with Gasteiger partial charge in [-0.3, -0.25) is 10.1 Å². The van der Waals surface area contributed by atoms with Crippen molar-refractivity contribution in [1.82, 2.24) is 5.32 Å². The molecule has 0 radical (unpaired) electrons. The van der Waals surface area contributed by atoms with Crippen LogP contribution in [0, 0.1) is 10.1 Å². The van der Waals surface area contributed by atoms with E-state index in [4.69, 9.17) is 0 Å². The SMILES string of the molecule is C[C@H]1CNCCN1c1ccc([N+](=O)[O-])cc1CO. The standard InChI is InChI=1S/C12H17N3O3/c1-9-7-13-4-5-14(9)12-3-2-11(15(17)18)6-10(12)8-16/h2-3,6,9,13,16H,4-5,7-8H2,1H3/t9-/m0/s1. The topological polar surface area (TPSA) is 78.6 Å². The number of non-ortho nitro benzene ring substituents is 1. The maximum Gasteiger partial charge on any atom is 0.269 e. The molecule has 6 nitrogen and oxygen atoms in total. The van der Waals surface area contributed by atoms with Gasteiger partial charge in [-0.15, -0.1) is 0 Å². The molecule has 0 aliphatic carbocycles. The van der Waals surface area contributed by atoms with Crippen LogP contribution in [0.1, 0.15) is 12.5 Å². The third kappa shape index (κ3) is 2.44. The van der Waals surface area contributed by atoms with E-state index in [0.717, 1.165) is 25.3 Å². The normalized spacial score (nSPS) is 19.9. The van der Waals surface area contributed by atoms with Gasteiger partial charge in [0.25, 0.3) is 5.69 Å². The van der Waals surface area contributed by atoms with E-state index in [1.54, 1.807) is 6.07 Å². The van der Waals surface area contributed by atoms with Gasteiger partial charge in [0.1, 0.15) is 0 Å². The predicted octanol–water partition coefficient (Wildman–Crippen LogP) is 0.885. The molecule has 1 aliphatic rings. The Bertz CT molecular complexity index is 450. The summed E-state index contributed by atoms with van der Waals surface area (Å²) in [5.74, 6) is 0. The summed E-state index contributed by atoms with van der Waals surface area (Å²) < 4.78 is 0. The Morgan fingerprint density at radius 2 is 2.39 bits per heavy atom. The number of piperazine rings is 1. The highest BCUT2D eigenvalue weighted by atomic mass is 16.6. The minimum absolute atomic E-state index is 0.0191. The fourth-order valence-corrected chi connectivity index (χ4v) is 2.29. The van der Waals surface area contributed by atoms with Crippen LogP contribution in [0.5, 0.6) is 0 Å². The second-order valence-corrected chi connectivity index (χ2v) is 4.47. The second kappa shape index (κ2) is 5.32. The lowest BCUT2D eigenvalue weighted by Crippen LogP contribution is -2.50. The number of benzene rings is 1. The summed E-state index contributed by atoms with van der Waals surface area (Å²) in [6, 6.07) is 4.98. The molecule has 98 valence electrons. The van der Waals surface area contributed by atoms with Gasteiger partial charge >= 0.3 is 0 Å². The minimum atomic E-state index is -0.440. The van der Waals surface area contributed by atoms with Crippen LogP contribution < -0.4 is 10.2 Å². The fourth-order valence-electron chi connectivity index (χ4n) is 2.29. The Labute approximate surface area is 105 Å². The first-order chi connectivity index (χ1) is 8.63. The van der Waals surface area contributed by atoms with Gasteiger partial charge in [0.05, 0.1) is 11.5 Å². The largest absolute Gasteiger partial charge is 0.392 e. The van der Waals surface area contributed by atoms with Crippen LogP contribution in [0.15, 0.2) is 18.2 Å². The number of aliphatic hydroxyl groups excluding tert-OH is 1. The summed E-state index contributed by atoms with van der Waals surface area (Å²) in [6.45, 7) is 4.50. The summed E-state index contributed by atoms with van der Waals surface area (Å²) in [4.78, 5) is 12.5. The van der Waals surface area contributed by atoms with Crippen molar-refractivity contribution in [2.24, 2.45) is 0 Å². The van der Waals surface area contributed by atoms with E-state index in [-0.39, 0.29) is 12.3 Å². The maximum atomic E-state index is 10.7. The summed E-state index contributed by atoms with van der Waals surface area (Å²) in [6.07, 6.45) is 0. The van der Waals surface area contributed by atoms with Crippen LogP contribution in [0.2, 0.25) is 0 Å². The number of nitro benzene ring substituents is 1. The summed E-state index contributed by atoms with van der Waals surface area (Å²) in [5.41, 5.74) is 1.51. The molecule has 1 heterocycles. The average molecular weight is 251 g/mol. The number of aliphatic hydroxyl groups is 1. The molecule has 2 rings (SSSR count). The number of hydrogen-bond acceptors (Lipinski definition) is 5. The van der Waals surface area contributed by atoms with Gasteiger partial charge in [0.15, 0.2) is 0 Å². The van der Waals surface area contributed by atoms with E-state index in [1.807, 2.05) is 0 Å². The molecule has 0 bridgehead atoms. The number of rotatable bonds is 3. The van der Waals surface area contributed by atoms with Crippen molar-refractivity contribution < 1.29 is 10.0 Å². The molecule has 0 spiro atoms. The van der Waals surface area contributed by atoms with Crippen LogP contribution >= 0.6 is 0 Å². The van der Waals surface area contributed by atoms with E-state index in [0.29, 0.717) is 11.6 Å². The first-order valence-corrected chi connectivity index (χ1v) is 5.99.